The zero-order valence-electron chi connectivity index (χ0n) is 18.9. The van der Waals surface area contributed by atoms with Crippen LogP contribution in [0.5, 0.6) is 0 Å². The van der Waals surface area contributed by atoms with E-state index in [1.54, 1.807) is 6.92 Å². The molecule has 4 rings (SSSR count). The Morgan fingerprint density at radius 3 is 2.28 bits per heavy atom. The molecule has 36 heavy (non-hydrogen) atoms. The smallest absolute Gasteiger partial charge is 0.419 e. The van der Waals surface area contributed by atoms with E-state index in [0.29, 0.717) is 22.7 Å². The van der Waals surface area contributed by atoms with Gasteiger partial charge in [0.1, 0.15) is 10.8 Å². The number of aromatic carboxylic acids is 1. The highest BCUT2D eigenvalue weighted by atomic mass is 32.2. The van der Waals surface area contributed by atoms with Gasteiger partial charge in [0.05, 0.1) is 22.6 Å². The Kier molecular flexibility index (Phi) is 6.56. The number of hydrogen-bond donors (Lipinski definition) is 1. The molecular weight excluding hydrogens is 518 g/mol. The molecule has 5 nitrogen and oxygen atoms in total. The Bertz CT molecular complexity index is 1580. The molecule has 0 unspecified atom stereocenters. The van der Waals surface area contributed by atoms with E-state index in [-0.39, 0.29) is 16.0 Å². The van der Waals surface area contributed by atoms with Gasteiger partial charge in [0, 0.05) is 10.1 Å². The molecule has 188 valence electrons. The van der Waals surface area contributed by atoms with E-state index < -0.39 is 40.1 Å². The van der Waals surface area contributed by atoms with Gasteiger partial charge in [0.25, 0.3) is 10.0 Å². The van der Waals surface area contributed by atoms with Crippen molar-refractivity contribution in [1.82, 2.24) is 0 Å². The number of hydrogen-bond acceptors (Lipinski definition) is 4. The maximum Gasteiger partial charge on any atom is 0.419 e. The van der Waals surface area contributed by atoms with Gasteiger partial charge in [-0.15, -0.1) is 11.3 Å². The lowest BCUT2D eigenvalue weighted by molar-refractivity contribution is -0.140. The van der Waals surface area contributed by atoms with Crippen molar-refractivity contribution in [2.24, 2.45) is 0 Å². The van der Waals surface area contributed by atoms with Crippen LogP contribution in [0.4, 0.5) is 22.6 Å². The van der Waals surface area contributed by atoms with Crippen LogP contribution in [-0.2, 0) is 22.7 Å². The van der Waals surface area contributed by atoms with Crippen LogP contribution in [0.25, 0.3) is 10.1 Å². The fourth-order valence-corrected chi connectivity index (χ4v) is 6.96. The molecule has 11 heteroatoms. The van der Waals surface area contributed by atoms with E-state index in [4.69, 9.17) is 5.11 Å². The molecule has 1 heterocycles. The van der Waals surface area contributed by atoms with Gasteiger partial charge in [-0.2, -0.15) is 13.2 Å². The summed E-state index contributed by atoms with van der Waals surface area (Å²) in [5.41, 5.74) is -0.161. The van der Waals surface area contributed by atoms with Crippen LogP contribution >= 0.6 is 11.3 Å². The molecule has 0 aliphatic rings. The summed E-state index contributed by atoms with van der Waals surface area (Å²) in [4.78, 5) is 11.0. The number of fused-ring (bicyclic) bond motifs is 1. The van der Waals surface area contributed by atoms with Crippen molar-refractivity contribution in [1.29, 1.82) is 0 Å². The van der Waals surface area contributed by atoms with E-state index in [1.807, 2.05) is 25.1 Å². The quantitative estimate of drug-likeness (QED) is 0.276. The fraction of sp³-hybridized carbons (Fsp3) is 0.160. The third-order valence-electron chi connectivity index (χ3n) is 5.72. The molecule has 0 radical (unpaired) electrons. The van der Waals surface area contributed by atoms with E-state index in [1.165, 1.54) is 0 Å². The molecule has 0 spiro atoms. The van der Waals surface area contributed by atoms with Crippen LogP contribution < -0.4 is 4.31 Å². The zero-order valence-corrected chi connectivity index (χ0v) is 20.6. The molecule has 0 aliphatic heterocycles. The summed E-state index contributed by atoms with van der Waals surface area (Å²) in [6, 6.07) is 12.4. The Hall–Kier alpha value is -3.44. The highest BCUT2D eigenvalue weighted by Crippen LogP contribution is 2.42. The molecule has 0 fully saturated rings. The van der Waals surface area contributed by atoms with Crippen LogP contribution in [0.3, 0.4) is 0 Å². The maximum atomic E-state index is 13.9. The minimum Gasteiger partial charge on any atom is -0.478 e. The first-order valence-corrected chi connectivity index (χ1v) is 12.8. The summed E-state index contributed by atoms with van der Waals surface area (Å²) in [7, 11) is -4.36. The number of benzene rings is 3. The average molecular weight is 538 g/mol. The number of thiophene rings is 1. The van der Waals surface area contributed by atoms with Crippen molar-refractivity contribution in [3.63, 3.8) is 0 Å². The van der Waals surface area contributed by atoms with Crippen molar-refractivity contribution in [3.8, 4) is 0 Å². The second-order valence-corrected chi connectivity index (χ2v) is 11.0. The van der Waals surface area contributed by atoms with Crippen molar-refractivity contribution >= 4 is 42.4 Å². The number of nitrogens with zero attached hydrogens (tertiary/aromatic N) is 1. The Labute approximate surface area is 208 Å². The van der Waals surface area contributed by atoms with Gasteiger partial charge in [-0.25, -0.2) is 17.6 Å². The summed E-state index contributed by atoms with van der Waals surface area (Å²) < 4.78 is 83.2. The Morgan fingerprint density at radius 2 is 1.69 bits per heavy atom. The summed E-state index contributed by atoms with van der Waals surface area (Å²) >= 11 is 1.16. The molecule has 3 aromatic carbocycles. The predicted molar refractivity (Wildman–Crippen MR) is 129 cm³/mol. The van der Waals surface area contributed by atoms with Crippen LogP contribution in [-0.4, -0.2) is 19.5 Å². The van der Waals surface area contributed by atoms with Crippen molar-refractivity contribution in [2.45, 2.75) is 31.5 Å². The second-order valence-electron chi connectivity index (χ2n) is 8.13. The van der Waals surface area contributed by atoms with Gasteiger partial charge < -0.3 is 5.11 Å². The summed E-state index contributed by atoms with van der Waals surface area (Å²) in [6.07, 6.45) is -4.96. The second kappa shape index (κ2) is 9.21. The summed E-state index contributed by atoms with van der Waals surface area (Å²) in [5.74, 6) is -2.70. The average Bonchev–Trinajstić information content (AvgIpc) is 3.14. The van der Waals surface area contributed by atoms with Gasteiger partial charge in [-0.05, 0) is 73.0 Å². The third kappa shape index (κ3) is 4.68. The molecule has 1 N–H and O–H groups in total. The number of alkyl halides is 3. The minimum atomic E-state index is -4.96. The lowest BCUT2D eigenvalue weighted by atomic mass is 10.1. The van der Waals surface area contributed by atoms with E-state index >= 15 is 0 Å². The normalized spacial score (nSPS) is 12.2. The Balaban J connectivity index is 1.90. The number of rotatable bonds is 6. The lowest BCUT2D eigenvalue weighted by Gasteiger charge is -2.25. The van der Waals surface area contributed by atoms with Crippen LogP contribution in [0, 0.1) is 19.7 Å². The van der Waals surface area contributed by atoms with E-state index in [9.17, 15) is 30.8 Å². The molecule has 0 saturated heterocycles. The van der Waals surface area contributed by atoms with Gasteiger partial charge in [0.2, 0.25) is 0 Å². The number of halogens is 4. The third-order valence-corrected chi connectivity index (χ3v) is 8.87. The molecule has 0 amide bonds. The Morgan fingerprint density at radius 1 is 1.03 bits per heavy atom. The van der Waals surface area contributed by atoms with Crippen LogP contribution in [0.1, 0.15) is 32.6 Å². The summed E-state index contributed by atoms with van der Waals surface area (Å²) in [6.45, 7) is 3.09. The zero-order chi connectivity index (χ0) is 26.4. The monoisotopic (exact) mass is 537 g/mol. The van der Waals surface area contributed by atoms with Crippen molar-refractivity contribution < 1.29 is 35.9 Å². The number of sulfonamides is 1. The lowest BCUT2D eigenvalue weighted by Crippen LogP contribution is -2.30. The number of anilines is 1. The molecule has 4 aromatic rings. The first kappa shape index (κ1) is 25.6. The van der Waals surface area contributed by atoms with Crippen LogP contribution in [0.2, 0.25) is 0 Å². The standard InChI is InChI=1S/C25H19F4NO4S2/c1-14-4-3-5-21-22(14)15(2)23(35-21)30(13-16-6-11-20(26)19(12-16)25(27,28)29)36(33,34)18-9-7-17(8-10-18)24(31)32/h3-12H,13H2,1-2H3,(H,31,32). The number of aryl methyl sites for hydroxylation is 2. The van der Waals surface area contributed by atoms with E-state index in [0.717, 1.165) is 61.6 Å². The fourth-order valence-electron chi connectivity index (χ4n) is 3.95. The first-order chi connectivity index (χ1) is 16.8. The van der Waals surface area contributed by atoms with Gasteiger partial charge >= 0.3 is 12.1 Å². The molecule has 0 bridgehead atoms. The predicted octanol–water partition coefficient (Wildman–Crippen LogP) is 6.77. The molecule has 1 aromatic heterocycles. The summed E-state index contributed by atoms with van der Waals surface area (Å²) in [5, 5.41) is 10.3. The van der Waals surface area contributed by atoms with E-state index in [2.05, 4.69) is 0 Å². The topological polar surface area (TPSA) is 74.7 Å². The van der Waals surface area contributed by atoms with Gasteiger partial charge in [0.15, 0.2) is 0 Å². The molecule has 0 aliphatic carbocycles. The van der Waals surface area contributed by atoms with Crippen molar-refractivity contribution in [2.75, 3.05) is 4.31 Å². The maximum absolute atomic E-state index is 13.9. The number of carboxylic acid groups (broad SMARTS) is 1. The van der Waals surface area contributed by atoms with Gasteiger partial charge in [-0.1, -0.05) is 18.2 Å². The number of carbonyl (C=O) groups is 1. The highest BCUT2D eigenvalue weighted by Gasteiger charge is 2.35. The van der Waals surface area contributed by atoms with Crippen molar-refractivity contribution in [3.05, 3.63) is 94.3 Å². The highest BCUT2D eigenvalue weighted by molar-refractivity contribution is 7.93. The van der Waals surface area contributed by atoms with Crippen LogP contribution in [0.15, 0.2) is 65.6 Å². The SMILES string of the molecule is Cc1cccc2sc(N(Cc3ccc(F)c(C(F)(F)F)c3)S(=O)(=O)c3ccc(C(=O)O)cc3)c(C)c12. The molecule has 0 saturated carbocycles. The largest absolute Gasteiger partial charge is 0.478 e. The minimum absolute atomic E-state index is 0.0666. The van der Waals surface area contributed by atoms with Gasteiger partial charge in [-0.3, -0.25) is 4.31 Å². The first-order valence-electron chi connectivity index (χ1n) is 10.5. The molecule has 0 atom stereocenters. The number of carboxylic acids is 1. The molecular formula is C25H19F4NO4S2.